The van der Waals surface area contributed by atoms with Gasteiger partial charge in [0.2, 0.25) is 0 Å². The van der Waals surface area contributed by atoms with E-state index >= 15 is 0 Å². The molecule has 0 saturated carbocycles. The number of aromatic nitrogens is 1. The first-order valence-electron chi connectivity index (χ1n) is 8.87. The highest BCUT2D eigenvalue weighted by atomic mass is 35.5. The number of anilines is 2. The van der Waals surface area contributed by atoms with Crippen molar-refractivity contribution in [2.75, 3.05) is 12.4 Å². The number of carboxylic acid groups (broad SMARTS) is 1. The molecule has 3 aromatic carbocycles. The molecule has 0 unspecified atom stereocenters. The summed E-state index contributed by atoms with van der Waals surface area (Å²) in [6.07, 6.45) is 0. The molecule has 0 aliphatic rings. The zero-order chi connectivity index (χ0) is 21.3. The lowest BCUT2D eigenvalue weighted by Crippen LogP contribution is -1.95. The minimum atomic E-state index is -1.17. The van der Waals surface area contributed by atoms with E-state index in [9.17, 15) is 9.18 Å². The molecule has 4 rings (SSSR count). The van der Waals surface area contributed by atoms with Crippen molar-refractivity contribution in [3.63, 3.8) is 0 Å². The van der Waals surface area contributed by atoms with Gasteiger partial charge in [0.05, 0.1) is 17.6 Å². The van der Waals surface area contributed by atoms with Gasteiger partial charge in [-0.3, -0.25) is 0 Å². The first kappa shape index (κ1) is 19.6. The molecule has 1 aromatic heterocycles. The number of rotatable bonds is 6. The van der Waals surface area contributed by atoms with Crippen molar-refractivity contribution in [3.05, 3.63) is 77.2 Å². The zero-order valence-corrected chi connectivity index (χ0v) is 16.5. The van der Waals surface area contributed by atoms with Crippen LogP contribution in [0.5, 0.6) is 17.2 Å². The Bertz CT molecular complexity index is 1260. The molecule has 0 fully saturated rings. The predicted molar refractivity (Wildman–Crippen MR) is 113 cm³/mol. The van der Waals surface area contributed by atoms with Crippen LogP contribution in [0.15, 0.2) is 60.7 Å². The van der Waals surface area contributed by atoms with Crippen LogP contribution in [-0.4, -0.2) is 23.2 Å². The largest absolute Gasteiger partial charge is 0.497 e. The quantitative estimate of drug-likeness (QED) is 0.341. The maximum absolute atomic E-state index is 14.1. The van der Waals surface area contributed by atoms with Gasteiger partial charge in [-0.25, -0.2) is 9.18 Å². The monoisotopic (exact) mass is 426 g/mol. The smallest absolute Gasteiger partial charge is 0.352 e. The topological polar surface area (TPSA) is 83.6 Å². The maximum Gasteiger partial charge on any atom is 0.352 e. The minimum Gasteiger partial charge on any atom is -0.497 e. The summed E-state index contributed by atoms with van der Waals surface area (Å²) in [5, 5.41) is 13.1. The minimum absolute atomic E-state index is 0.0989. The number of hydrogen-bond donors (Lipinski definition) is 3. The van der Waals surface area contributed by atoms with Crippen LogP contribution in [0, 0.1) is 5.82 Å². The Hall–Kier alpha value is -3.71. The number of carboxylic acids is 1. The highest BCUT2D eigenvalue weighted by molar-refractivity contribution is 6.32. The molecule has 3 N–H and O–H groups in total. The van der Waals surface area contributed by atoms with E-state index < -0.39 is 11.8 Å². The van der Waals surface area contributed by atoms with E-state index in [1.807, 2.05) is 6.07 Å². The number of fused-ring (bicyclic) bond motifs is 1. The molecule has 0 atom stereocenters. The van der Waals surface area contributed by atoms with Gasteiger partial charge in [-0.1, -0.05) is 17.7 Å². The maximum atomic E-state index is 14.1. The molecule has 0 saturated heterocycles. The van der Waals surface area contributed by atoms with Crippen molar-refractivity contribution >= 4 is 39.8 Å². The first-order chi connectivity index (χ1) is 14.4. The van der Waals surface area contributed by atoms with Gasteiger partial charge < -0.3 is 24.9 Å². The average Bonchev–Trinajstić information content (AvgIpc) is 3.19. The van der Waals surface area contributed by atoms with Crippen LogP contribution >= 0.6 is 11.6 Å². The fourth-order valence-electron chi connectivity index (χ4n) is 3.02. The molecule has 30 heavy (non-hydrogen) atoms. The van der Waals surface area contributed by atoms with E-state index in [0.29, 0.717) is 39.0 Å². The van der Waals surface area contributed by atoms with Crippen LogP contribution in [0.1, 0.15) is 10.5 Å². The Morgan fingerprint density at radius 1 is 1.10 bits per heavy atom. The third kappa shape index (κ3) is 3.88. The second-order valence-electron chi connectivity index (χ2n) is 6.42. The molecule has 0 aliphatic heterocycles. The summed E-state index contributed by atoms with van der Waals surface area (Å²) in [6.45, 7) is 0. The summed E-state index contributed by atoms with van der Waals surface area (Å²) in [5.41, 5.74) is 1.18. The van der Waals surface area contributed by atoms with Gasteiger partial charge in [0, 0.05) is 22.8 Å². The lowest BCUT2D eigenvalue weighted by atomic mass is 10.2. The fraction of sp³-hybridized carbons (Fsp3) is 0.0455. The van der Waals surface area contributed by atoms with E-state index in [2.05, 4.69) is 10.3 Å². The molecule has 6 nitrogen and oxygen atoms in total. The number of carbonyl (C=O) groups is 1. The predicted octanol–water partition coefficient (Wildman–Crippen LogP) is 6.20. The number of benzene rings is 3. The fourth-order valence-corrected chi connectivity index (χ4v) is 3.24. The average molecular weight is 427 g/mol. The number of aromatic carboxylic acids is 1. The van der Waals surface area contributed by atoms with Crippen LogP contribution in [0.3, 0.4) is 0 Å². The van der Waals surface area contributed by atoms with Crippen molar-refractivity contribution < 1.29 is 23.8 Å². The summed E-state index contributed by atoms with van der Waals surface area (Å²) in [6, 6.07) is 16.4. The Morgan fingerprint density at radius 2 is 1.90 bits per heavy atom. The molecule has 0 aliphatic carbocycles. The van der Waals surface area contributed by atoms with E-state index in [4.69, 9.17) is 26.2 Å². The Morgan fingerprint density at radius 3 is 2.63 bits per heavy atom. The first-order valence-corrected chi connectivity index (χ1v) is 9.25. The Balaban J connectivity index is 1.61. The number of halogens is 2. The van der Waals surface area contributed by atoms with E-state index in [1.54, 1.807) is 43.5 Å². The molecule has 0 radical (unpaired) electrons. The molecule has 0 bridgehead atoms. The number of nitrogens with one attached hydrogen (secondary N) is 2. The zero-order valence-electron chi connectivity index (χ0n) is 15.7. The van der Waals surface area contributed by atoms with Gasteiger partial charge in [0.1, 0.15) is 28.8 Å². The third-order valence-electron chi connectivity index (χ3n) is 4.45. The van der Waals surface area contributed by atoms with Crippen molar-refractivity contribution in [2.24, 2.45) is 0 Å². The number of ether oxygens (including phenoxy) is 2. The van der Waals surface area contributed by atoms with Crippen molar-refractivity contribution in [2.45, 2.75) is 0 Å². The molecule has 0 amide bonds. The molecular weight excluding hydrogens is 411 g/mol. The Labute approximate surface area is 175 Å². The molecule has 0 spiro atoms. The number of hydrogen-bond acceptors (Lipinski definition) is 4. The lowest BCUT2D eigenvalue weighted by Gasteiger charge is -2.12. The van der Waals surface area contributed by atoms with E-state index in [1.165, 1.54) is 18.2 Å². The summed E-state index contributed by atoms with van der Waals surface area (Å²) >= 11 is 6.37. The molecule has 152 valence electrons. The summed E-state index contributed by atoms with van der Waals surface area (Å²) in [5.74, 6) is -0.0171. The van der Waals surface area contributed by atoms with Gasteiger partial charge in [0.25, 0.3) is 0 Å². The van der Waals surface area contributed by atoms with Crippen molar-refractivity contribution in [3.8, 4) is 17.2 Å². The van der Waals surface area contributed by atoms with Gasteiger partial charge in [-0.15, -0.1) is 0 Å². The normalized spacial score (nSPS) is 10.8. The van der Waals surface area contributed by atoms with Gasteiger partial charge in [-0.05, 0) is 48.5 Å². The lowest BCUT2D eigenvalue weighted by molar-refractivity contribution is 0.0691. The molecule has 4 aromatic rings. The van der Waals surface area contributed by atoms with Crippen LogP contribution < -0.4 is 14.8 Å². The van der Waals surface area contributed by atoms with Crippen LogP contribution in [0.4, 0.5) is 15.8 Å². The van der Waals surface area contributed by atoms with Crippen molar-refractivity contribution in [1.82, 2.24) is 4.98 Å². The number of aromatic amines is 1. The molecule has 1 heterocycles. The summed E-state index contributed by atoms with van der Waals surface area (Å²) in [4.78, 5) is 13.8. The standard InChI is InChI=1S/C22H16ClFN2O4/c1-29-13-3-2-4-14(10-13)30-20-8-5-12(9-16(20)23)25-18-7-6-17(24)21-15(18)11-19(26-21)22(27)28/h2-11,25-26H,1H3,(H,27,28). The Kier molecular flexibility index (Phi) is 5.20. The highest BCUT2D eigenvalue weighted by Crippen LogP contribution is 2.35. The summed E-state index contributed by atoms with van der Waals surface area (Å²) < 4.78 is 25.1. The second-order valence-corrected chi connectivity index (χ2v) is 6.83. The van der Waals surface area contributed by atoms with Crippen LogP contribution in [-0.2, 0) is 0 Å². The van der Waals surface area contributed by atoms with E-state index in [0.717, 1.165) is 0 Å². The SMILES string of the molecule is COc1cccc(Oc2ccc(Nc3ccc(F)c4[nH]c(C(=O)O)cc34)cc2Cl)c1. The van der Waals surface area contributed by atoms with Gasteiger partial charge >= 0.3 is 5.97 Å². The third-order valence-corrected chi connectivity index (χ3v) is 4.75. The van der Waals surface area contributed by atoms with Crippen LogP contribution in [0.25, 0.3) is 10.9 Å². The molecule has 8 heteroatoms. The van der Waals surface area contributed by atoms with Crippen LogP contribution in [0.2, 0.25) is 5.02 Å². The number of methoxy groups -OCH3 is 1. The van der Waals surface area contributed by atoms with Gasteiger partial charge in [-0.2, -0.15) is 0 Å². The van der Waals surface area contributed by atoms with Gasteiger partial charge in [0.15, 0.2) is 0 Å². The highest BCUT2D eigenvalue weighted by Gasteiger charge is 2.14. The summed E-state index contributed by atoms with van der Waals surface area (Å²) in [7, 11) is 1.57. The van der Waals surface area contributed by atoms with E-state index in [-0.39, 0.29) is 11.2 Å². The molecular formula is C22H16ClFN2O4. The number of H-pyrrole nitrogens is 1. The van der Waals surface area contributed by atoms with Crippen molar-refractivity contribution in [1.29, 1.82) is 0 Å². The second kappa shape index (κ2) is 7.96.